The molecule has 1 amide bonds. The highest BCUT2D eigenvalue weighted by molar-refractivity contribution is 5.68. The van der Waals surface area contributed by atoms with Crippen LogP contribution in [0.15, 0.2) is 48.5 Å². The van der Waals surface area contributed by atoms with Gasteiger partial charge in [0.25, 0.3) is 0 Å². The minimum atomic E-state index is -0.477. The molecule has 8 heteroatoms. The Bertz CT molecular complexity index is 830. The van der Waals surface area contributed by atoms with Gasteiger partial charge in [-0.2, -0.15) is 0 Å². The average molecular weight is 447 g/mol. The summed E-state index contributed by atoms with van der Waals surface area (Å²) in [6.45, 7) is 2.64. The standard InChI is InChI=1S/C24H34N2O6/c1-6-23(20-10-8-12-22(14-20)29-5)26(15-19-9-7-11-21(13-19)28-4)24(27)32-18-31-17-30-16-25(2)3/h7-14,23H,6,15-18H2,1-5H3. The van der Waals surface area contributed by atoms with Crippen LogP contribution in [0.25, 0.3) is 0 Å². The predicted octanol–water partition coefficient (Wildman–Crippen LogP) is 4.26. The maximum absolute atomic E-state index is 13.1. The van der Waals surface area contributed by atoms with Crippen LogP contribution in [0.3, 0.4) is 0 Å². The number of carbonyl (C=O) groups is 1. The topological polar surface area (TPSA) is 69.7 Å². The Morgan fingerprint density at radius 1 is 0.938 bits per heavy atom. The Hall–Kier alpha value is -2.81. The number of benzene rings is 2. The van der Waals surface area contributed by atoms with Gasteiger partial charge in [-0.25, -0.2) is 4.79 Å². The van der Waals surface area contributed by atoms with Crippen LogP contribution in [0.4, 0.5) is 4.79 Å². The third-order valence-electron chi connectivity index (χ3n) is 4.74. The molecule has 2 aromatic carbocycles. The molecule has 0 saturated carbocycles. The van der Waals surface area contributed by atoms with Crippen molar-refractivity contribution in [2.75, 3.05) is 48.6 Å². The number of hydrogen-bond donors (Lipinski definition) is 0. The molecule has 0 heterocycles. The second-order valence-electron chi connectivity index (χ2n) is 7.44. The molecular formula is C24H34N2O6. The number of methoxy groups -OCH3 is 2. The van der Waals surface area contributed by atoms with Crippen LogP contribution < -0.4 is 9.47 Å². The fraction of sp³-hybridized carbons (Fsp3) is 0.458. The van der Waals surface area contributed by atoms with Crippen LogP contribution in [0.2, 0.25) is 0 Å². The molecule has 8 nitrogen and oxygen atoms in total. The zero-order chi connectivity index (χ0) is 23.3. The van der Waals surface area contributed by atoms with Crippen molar-refractivity contribution in [3.05, 3.63) is 59.7 Å². The molecular weight excluding hydrogens is 412 g/mol. The summed E-state index contributed by atoms with van der Waals surface area (Å²) >= 11 is 0. The molecule has 0 fully saturated rings. The summed E-state index contributed by atoms with van der Waals surface area (Å²) in [7, 11) is 7.02. The molecule has 0 radical (unpaired) electrons. The normalized spacial score (nSPS) is 11.8. The molecule has 32 heavy (non-hydrogen) atoms. The van der Waals surface area contributed by atoms with Gasteiger partial charge >= 0.3 is 6.09 Å². The highest BCUT2D eigenvalue weighted by atomic mass is 16.7. The van der Waals surface area contributed by atoms with E-state index in [2.05, 4.69) is 0 Å². The lowest BCUT2D eigenvalue weighted by Crippen LogP contribution is -2.35. The summed E-state index contributed by atoms with van der Waals surface area (Å²) in [5, 5.41) is 0. The Kier molecular flexibility index (Phi) is 10.8. The van der Waals surface area contributed by atoms with Gasteiger partial charge in [0.1, 0.15) is 18.2 Å². The lowest BCUT2D eigenvalue weighted by Gasteiger charge is -2.31. The SMILES string of the molecule is CCC(c1cccc(OC)c1)N(Cc1cccc(OC)c1)C(=O)OCOCOCN(C)C. The van der Waals surface area contributed by atoms with Crippen molar-refractivity contribution in [1.29, 1.82) is 0 Å². The second-order valence-corrected chi connectivity index (χ2v) is 7.44. The van der Waals surface area contributed by atoms with E-state index in [1.54, 1.807) is 19.1 Å². The lowest BCUT2D eigenvalue weighted by molar-refractivity contribution is -0.130. The van der Waals surface area contributed by atoms with Gasteiger partial charge in [0.15, 0.2) is 13.6 Å². The number of rotatable bonds is 13. The smallest absolute Gasteiger partial charge is 0.412 e. The van der Waals surface area contributed by atoms with Crippen LogP contribution in [0.5, 0.6) is 11.5 Å². The zero-order valence-corrected chi connectivity index (χ0v) is 19.6. The van der Waals surface area contributed by atoms with Crippen molar-refractivity contribution < 1.29 is 28.5 Å². The molecule has 176 valence electrons. The summed E-state index contributed by atoms with van der Waals surface area (Å²) in [6.07, 6.45) is 0.217. The Balaban J connectivity index is 2.16. The van der Waals surface area contributed by atoms with Crippen LogP contribution in [-0.4, -0.2) is 64.5 Å². The Morgan fingerprint density at radius 3 is 2.28 bits per heavy atom. The Morgan fingerprint density at radius 2 is 1.62 bits per heavy atom. The lowest BCUT2D eigenvalue weighted by atomic mass is 10.0. The molecule has 1 unspecified atom stereocenters. The van der Waals surface area contributed by atoms with Gasteiger partial charge < -0.3 is 23.7 Å². The minimum Gasteiger partial charge on any atom is -0.497 e. The van der Waals surface area contributed by atoms with Gasteiger partial charge in [-0.3, -0.25) is 9.80 Å². The fourth-order valence-electron chi connectivity index (χ4n) is 3.24. The van der Waals surface area contributed by atoms with Crippen molar-refractivity contribution in [2.45, 2.75) is 25.9 Å². The van der Waals surface area contributed by atoms with Crippen molar-refractivity contribution in [1.82, 2.24) is 9.80 Å². The third kappa shape index (κ3) is 8.03. The van der Waals surface area contributed by atoms with Gasteiger partial charge in [-0.15, -0.1) is 0 Å². The first kappa shape index (κ1) is 25.5. The summed E-state index contributed by atoms with van der Waals surface area (Å²) in [6, 6.07) is 15.1. The van der Waals surface area contributed by atoms with Crippen molar-refractivity contribution in [3.8, 4) is 11.5 Å². The zero-order valence-electron chi connectivity index (χ0n) is 19.6. The van der Waals surface area contributed by atoms with E-state index < -0.39 is 6.09 Å². The van der Waals surface area contributed by atoms with Gasteiger partial charge in [0.05, 0.1) is 20.3 Å². The number of carbonyl (C=O) groups excluding carboxylic acids is 1. The highest BCUT2D eigenvalue weighted by Crippen LogP contribution is 2.30. The first-order chi connectivity index (χ1) is 15.5. The van der Waals surface area contributed by atoms with Gasteiger partial charge in [-0.05, 0) is 55.9 Å². The van der Waals surface area contributed by atoms with E-state index in [4.69, 9.17) is 23.7 Å². The summed E-state index contributed by atoms with van der Waals surface area (Å²) < 4.78 is 26.7. The molecule has 0 aliphatic rings. The molecule has 2 rings (SSSR count). The average Bonchev–Trinajstić information content (AvgIpc) is 2.81. The van der Waals surface area contributed by atoms with E-state index in [1.165, 1.54) is 0 Å². The fourth-order valence-corrected chi connectivity index (χ4v) is 3.24. The van der Waals surface area contributed by atoms with E-state index in [9.17, 15) is 4.79 Å². The van der Waals surface area contributed by atoms with Crippen LogP contribution in [-0.2, 0) is 20.8 Å². The van der Waals surface area contributed by atoms with E-state index in [-0.39, 0.29) is 19.6 Å². The maximum Gasteiger partial charge on any atom is 0.412 e. The van der Waals surface area contributed by atoms with E-state index in [0.717, 1.165) is 22.6 Å². The predicted molar refractivity (Wildman–Crippen MR) is 122 cm³/mol. The second kappa shape index (κ2) is 13.6. The Labute approximate surface area is 190 Å². The van der Waals surface area contributed by atoms with E-state index in [1.807, 2.05) is 74.4 Å². The number of hydrogen-bond acceptors (Lipinski definition) is 7. The van der Waals surface area contributed by atoms with Gasteiger partial charge in [0, 0.05) is 6.54 Å². The monoisotopic (exact) mass is 446 g/mol. The van der Waals surface area contributed by atoms with Crippen molar-refractivity contribution in [3.63, 3.8) is 0 Å². The minimum absolute atomic E-state index is 0.0361. The first-order valence-corrected chi connectivity index (χ1v) is 10.5. The molecule has 0 aromatic heterocycles. The largest absolute Gasteiger partial charge is 0.497 e. The van der Waals surface area contributed by atoms with Gasteiger partial charge in [0.2, 0.25) is 0 Å². The molecule has 0 aliphatic carbocycles. The summed E-state index contributed by atoms with van der Waals surface area (Å²) in [5.41, 5.74) is 1.89. The summed E-state index contributed by atoms with van der Waals surface area (Å²) in [5.74, 6) is 1.46. The molecule has 2 aromatic rings. The molecule has 0 bridgehead atoms. The highest BCUT2D eigenvalue weighted by Gasteiger charge is 2.26. The quantitative estimate of drug-likeness (QED) is 0.336. The van der Waals surface area contributed by atoms with Gasteiger partial charge in [-0.1, -0.05) is 31.2 Å². The molecule has 0 N–H and O–H groups in total. The van der Waals surface area contributed by atoms with Crippen molar-refractivity contribution >= 4 is 6.09 Å². The molecule has 1 atom stereocenters. The van der Waals surface area contributed by atoms with Crippen LogP contribution in [0, 0.1) is 0 Å². The maximum atomic E-state index is 13.1. The molecule has 0 aliphatic heterocycles. The molecule has 0 saturated heterocycles. The third-order valence-corrected chi connectivity index (χ3v) is 4.74. The van der Waals surface area contributed by atoms with E-state index >= 15 is 0 Å². The number of amides is 1. The first-order valence-electron chi connectivity index (χ1n) is 10.5. The number of nitrogens with zero attached hydrogens (tertiary/aromatic N) is 2. The molecule has 0 spiro atoms. The van der Waals surface area contributed by atoms with Crippen LogP contribution >= 0.6 is 0 Å². The van der Waals surface area contributed by atoms with E-state index in [0.29, 0.717) is 19.7 Å². The summed E-state index contributed by atoms with van der Waals surface area (Å²) in [4.78, 5) is 16.6. The van der Waals surface area contributed by atoms with Crippen molar-refractivity contribution in [2.24, 2.45) is 0 Å². The number of ether oxygens (including phenoxy) is 5. The van der Waals surface area contributed by atoms with Crippen LogP contribution in [0.1, 0.15) is 30.5 Å².